The standard InChI is InChI=1S/C15H12FNOS2/c1-9(12-6-3-7-19-12)17-15(18)14-8-10-11(16)4-2-5-13(10)20-14/h2-9H,1H3,(H,17,18)/t9-/m1/s1. The predicted octanol–water partition coefficient (Wildman–Crippen LogP) is 4.59. The van der Waals surface area contributed by atoms with Gasteiger partial charge in [-0.3, -0.25) is 4.79 Å². The third-order valence-corrected chi connectivity index (χ3v) is 5.20. The Morgan fingerprint density at radius 2 is 2.15 bits per heavy atom. The summed E-state index contributed by atoms with van der Waals surface area (Å²) in [7, 11) is 0. The van der Waals surface area contributed by atoms with E-state index in [0.717, 1.165) is 9.58 Å². The van der Waals surface area contributed by atoms with Gasteiger partial charge >= 0.3 is 0 Å². The molecule has 20 heavy (non-hydrogen) atoms. The van der Waals surface area contributed by atoms with E-state index in [1.54, 1.807) is 23.5 Å². The van der Waals surface area contributed by atoms with Crippen LogP contribution >= 0.6 is 22.7 Å². The van der Waals surface area contributed by atoms with E-state index in [1.807, 2.05) is 30.5 Å². The van der Waals surface area contributed by atoms with Crippen LogP contribution in [-0.4, -0.2) is 5.91 Å². The number of carbonyl (C=O) groups is 1. The minimum Gasteiger partial charge on any atom is -0.344 e. The van der Waals surface area contributed by atoms with Gasteiger partial charge in [0, 0.05) is 15.0 Å². The summed E-state index contributed by atoms with van der Waals surface area (Å²) in [5.74, 6) is -0.449. The first-order valence-corrected chi connectivity index (χ1v) is 7.87. The molecule has 0 aliphatic carbocycles. The van der Waals surface area contributed by atoms with Gasteiger partial charge < -0.3 is 5.32 Å². The smallest absolute Gasteiger partial charge is 0.261 e. The number of rotatable bonds is 3. The van der Waals surface area contributed by atoms with Crippen molar-refractivity contribution < 1.29 is 9.18 Å². The Labute approximate surface area is 123 Å². The summed E-state index contributed by atoms with van der Waals surface area (Å²) in [6.45, 7) is 1.94. The predicted molar refractivity (Wildman–Crippen MR) is 82.0 cm³/mol. The van der Waals surface area contributed by atoms with Crippen LogP contribution in [0.3, 0.4) is 0 Å². The van der Waals surface area contributed by atoms with Crippen LogP contribution in [0.2, 0.25) is 0 Å². The number of hydrogen-bond acceptors (Lipinski definition) is 3. The van der Waals surface area contributed by atoms with E-state index in [2.05, 4.69) is 5.32 Å². The average Bonchev–Trinajstić information content (AvgIpc) is 3.08. The van der Waals surface area contributed by atoms with E-state index in [0.29, 0.717) is 10.3 Å². The largest absolute Gasteiger partial charge is 0.344 e. The molecule has 0 unspecified atom stereocenters. The highest BCUT2D eigenvalue weighted by molar-refractivity contribution is 7.20. The van der Waals surface area contributed by atoms with E-state index < -0.39 is 0 Å². The van der Waals surface area contributed by atoms with Crippen LogP contribution in [0.1, 0.15) is 27.5 Å². The van der Waals surface area contributed by atoms with Gasteiger partial charge in [0.1, 0.15) is 5.82 Å². The molecule has 1 aromatic carbocycles. The maximum atomic E-state index is 13.6. The first-order valence-electron chi connectivity index (χ1n) is 6.17. The molecule has 1 atom stereocenters. The van der Waals surface area contributed by atoms with Crippen molar-refractivity contribution in [2.75, 3.05) is 0 Å². The van der Waals surface area contributed by atoms with Crippen LogP contribution in [0.15, 0.2) is 41.8 Å². The summed E-state index contributed by atoms with van der Waals surface area (Å²) in [6, 6.07) is 10.4. The molecule has 3 aromatic rings. The molecular weight excluding hydrogens is 293 g/mol. The molecule has 2 heterocycles. The second-order valence-electron chi connectivity index (χ2n) is 4.47. The quantitative estimate of drug-likeness (QED) is 0.753. The van der Waals surface area contributed by atoms with E-state index >= 15 is 0 Å². The molecule has 2 nitrogen and oxygen atoms in total. The maximum Gasteiger partial charge on any atom is 0.261 e. The van der Waals surface area contributed by atoms with Gasteiger partial charge in [-0.1, -0.05) is 12.1 Å². The Morgan fingerprint density at radius 1 is 1.30 bits per heavy atom. The fraction of sp³-hybridized carbons (Fsp3) is 0.133. The summed E-state index contributed by atoms with van der Waals surface area (Å²) < 4.78 is 14.4. The van der Waals surface area contributed by atoms with Gasteiger partial charge in [-0.25, -0.2) is 4.39 Å². The summed E-state index contributed by atoms with van der Waals surface area (Å²) >= 11 is 2.91. The van der Waals surface area contributed by atoms with Gasteiger partial charge in [0.15, 0.2) is 0 Å². The lowest BCUT2D eigenvalue weighted by Gasteiger charge is -2.10. The van der Waals surface area contributed by atoms with Crippen LogP contribution in [0.25, 0.3) is 10.1 Å². The number of hydrogen-bond donors (Lipinski definition) is 1. The highest BCUT2D eigenvalue weighted by Crippen LogP contribution is 2.28. The number of thiophene rings is 2. The Balaban J connectivity index is 1.84. The zero-order chi connectivity index (χ0) is 14.1. The van der Waals surface area contributed by atoms with Gasteiger partial charge in [-0.2, -0.15) is 0 Å². The summed E-state index contributed by atoms with van der Waals surface area (Å²) in [6.07, 6.45) is 0. The van der Waals surface area contributed by atoms with Crippen molar-refractivity contribution in [3.8, 4) is 0 Å². The molecule has 3 rings (SSSR count). The van der Waals surface area contributed by atoms with Gasteiger partial charge in [0.25, 0.3) is 5.91 Å². The molecule has 0 saturated heterocycles. The molecule has 0 spiro atoms. The molecule has 0 fully saturated rings. The molecule has 0 aliphatic rings. The average molecular weight is 305 g/mol. The Kier molecular flexibility index (Phi) is 3.54. The van der Waals surface area contributed by atoms with Crippen LogP contribution in [-0.2, 0) is 0 Å². The molecule has 1 N–H and O–H groups in total. The van der Waals surface area contributed by atoms with Gasteiger partial charge in [-0.05, 0) is 36.6 Å². The monoisotopic (exact) mass is 305 g/mol. The molecule has 2 aromatic heterocycles. The lowest BCUT2D eigenvalue weighted by atomic mass is 10.2. The second kappa shape index (κ2) is 5.34. The minimum atomic E-state index is -0.288. The minimum absolute atomic E-state index is 0.0439. The highest BCUT2D eigenvalue weighted by Gasteiger charge is 2.15. The Morgan fingerprint density at radius 3 is 2.85 bits per heavy atom. The zero-order valence-corrected chi connectivity index (χ0v) is 12.4. The zero-order valence-electron chi connectivity index (χ0n) is 10.7. The first kappa shape index (κ1) is 13.3. The Bertz CT molecular complexity index is 748. The molecule has 1 amide bonds. The molecule has 0 saturated carbocycles. The van der Waals surface area contributed by atoms with E-state index in [4.69, 9.17) is 0 Å². The molecule has 5 heteroatoms. The summed E-state index contributed by atoms with van der Waals surface area (Å²) in [4.78, 5) is 13.9. The number of carbonyl (C=O) groups excluding carboxylic acids is 1. The van der Waals surface area contributed by atoms with Crippen molar-refractivity contribution in [2.45, 2.75) is 13.0 Å². The van der Waals surface area contributed by atoms with E-state index in [9.17, 15) is 9.18 Å². The maximum absolute atomic E-state index is 13.6. The van der Waals surface area contributed by atoms with Gasteiger partial charge in [0.2, 0.25) is 0 Å². The van der Waals surface area contributed by atoms with Gasteiger partial charge in [0.05, 0.1) is 10.9 Å². The van der Waals surface area contributed by atoms with Crippen LogP contribution in [0, 0.1) is 5.82 Å². The van der Waals surface area contributed by atoms with E-state index in [-0.39, 0.29) is 17.8 Å². The number of fused-ring (bicyclic) bond motifs is 1. The second-order valence-corrected chi connectivity index (χ2v) is 6.54. The molecule has 0 bridgehead atoms. The Hall–Kier alpha value is -1.72. The van der Waals surface area contributed by atoms with Crippen LogP contribution in [0.4, 0.5) is 4.39 Å². The van der Waals surface area contributed by atoms with Crippen LogP contribution in [0.5, 0.6) is 0 Å². The molecule has 0 radical (unpaired) electrons. The fourth-order valence-electron chi connectivity index (χ4n) is 2.01. The van der Waals surface area contributed by atoms with Gasteiger partial charge in [-0.15, -0.1) is 22.7 Å². The molecular formula is C15H12FNOS2. The lowest BCUT2D eigenvalue weighted by molar-refractivity contribution is 0.0944. The topological polar surface area (TPSA) is 29.1 Å². The number of amides is 1. The highest BCUT2D eigenvalue weighted by atomic mass is 32.1. The third-order valence-electron chi connectivity index (χ3n) is 3.05. The third kappa shape index (κ3) is 2.46. The van der Waals surface area contributed by atoms with E-state index in [1.165, 1.54) is 17.4 Å². The van der Waals surface area contributed by atoms with Crippen LogP contribution < -0.4 is 5.32 Å². The number of nitrogens with one attached hydrogen (secondary N) is 1. The van der Waals surface area contributed by atoms with Crippen molar-refractivity contribution in [2.24, 2.45) is 0 Å². The SMILES string of the molecule is C[C@@H](NC(=O)c1cc2c(F)cccc2s1)c1cccs1. The van der Waals surface area contributed by atoms with Crippen molar-refractivity contribution in [3.63, 3.8) is 0 Å². The fourth-order valence-corrected chi connectivity index (χ4v) is 3.73. The number of benzene rings is 1. The summed E-state index contributed by atoms with van der Waals surface area (Å²) in [5, 5.41) is 5.42. The summed E-state index contributed by atoms with van der Waals surface area (Å²) in [5.41, 5.74) is 0. The number of halogens is 1. The van der Waals surface area contributed by atoms with Crippen molar-refractivity contribution >= 4 is 38.7 Å². The van der Waals surface area contributed by atoms with Crippen molar-refractivity contribution in [3.05, 3.63) is 57.3 Å². The molecule has 102 valence electrons. The lowest BCUT2D eigenvalue weighted by Crippen LogP contribution is -2.25. The van der Waals surface area contributed by atoms with Crippen molar-refractivity contribution in [1.29, 1.82) is 0 Å². The van der Waals surface area contributed by atoms with Crippen molar-refractivity contribution in [1.82, 2.24) is 5.32 Å². The molecule has 0 aliphatic heterocycles. The first-order chi connectivity index (χ1) is 9.65. The normalized spacial score (nSPS) is 12.5.